The van der Waals surface area contributed by atoms with Gasteiger partial charge < -0.3 is 9.88 Å². The Kier molecular flexibility index (Phi) is 5.07. The van der Waals surface area contributed by atoms with E-state index in [0.29, 0.717) is 0 Å². The molecule has 2 heterocycles. The Hall–Kier alpha value is -2.03. The number of pyridine rings is 1. The van der Waals surface area contributed by atoms with Crippen molar-refractivity contribution in [3.8, 4) is 11.3 Å². The first-order valence-electron chi connectivity index (χ1n) is 8.17. The maximum atomic E-state index is 11.9. The van der Waals surface area contributed by atoms with E-state index in [4.69, 9.17) is 0 Å². The summed E-state index contributed by atoms with van der Waals surface area (Å²) < 4.78 is 0. The summed E-state index contributed by atoms with van der Waals surface area (Å²) in [7, 11) is 2.12. The van der Waals surface area contributed by atoms with E-state index in [1.54, 1.807) is 0 Å². The summed E-state index contributed by atoms with van der Waals surface area (Å²) in [4.78, 5) is 17.2. The largest absolute Gasteiger partial charge is 0.374 e. The smallest absolute Gasteiger partial charge is 0.251 e. The van der Waals surface area contributed by atoms with Gasteiger partial charge in [0.05, 0.1) is 5.69 Å². The average Bonchev–Trinajstić information content (AvgIpc) is 2.92. The van der Waals surface area contributed by atoms with Crippen LogP contribution in [0.5, 0.6) is 0 Å². The summed E-state index contributed by atoms with van der Waals surface area (Å²) in [5.74, 6) is 0. The minimum atomic E-state index is 0.00909. The molecule has 0 saturated carbocycles. The highest BCUT2D eigenvalue weighted by Crippen LogP contribution is 2.31. The summed E-state index contributed by atoms with van der Waals surface area (Å²) in [6.07, 6.45) is 2.00. The molecule has 3 nitrogen and oxygen atoms in total. The Bertz CT molecular complexity index is 716. The molecule has 0 saturated heterocycles. The third kappa shape index (κ3) is 2.94. The number of H-pyrrole nitrogens is 1. The van der Waals surface area contributed by atoms with Gasteiger partial charge in [0.25, 0.3) is 5.56 Å². The predicted octanol–water partition coefficient (Wildman–Crippen LogP) is 3.93. The molecule has 0 spiro atoms. The normalized spacial score (nSPS) is 12.7. The van der Waals surface area contributed by atoms with Gasteiger partial charge in [0.1, 0.15) is 0 Å². The van der Waals surface area contributed by atoms with Crippen LogP contribution in [-0.4, -0.2) is 18.6 Å². The third-order valence-electron chi connectivity index (χ3n) is 4.19. The number of aromatic amines is 1. The third-order valence-corrected chi connectivity index (χ3v) is 4.19. The van der Waals surface area contributed by atoms with Crippen molar-refractivity contribution in [2.75, 3.05) is 18.5 Å². The SMILES string of the molecule is CC.CCc1cc(C)c(=O)[nH]c1-c1ccc2c(c1)CCN2C. The van der Waals surface area contributed by atoms with Crippen molar-refractivity contribution in [1.29, 1.82) is 0 Å². The molecule has 3 rings (SSSR count). The van der Waals surface area contributed by atoms with Gasteiger partial charge in [-0.2, -0.15) is 0 Å². The van der Waals surface area contributed by atoms with Gasteiger partial charge in [-0.25, -0.2) is 0 Å². The van der Waals surface area contributed by atoms with Gasteiger partial charge in [-0.05, 0) is 54.7 Å². The fourth-order valence-corrected chi connectivity index (χ4v) is 2.95. The highest BCUT2D eigenvalue weighted by atomic mass is 16.1. The average molecular weight is 298 g/mol. The first-order valence-corrected chi connectivity index (χ1v) is 8.17. The van der Waals surface area contributed by atoms with Crippen molar-refractivity contribution in [1.82, 2.24) is 4.98 Å². The Balaban J connectivity index is 0.000000847. The number of nitrogens with zero attached hydrogens (tertiary/aromatic N) is 1. The predicted molar refractivity (Wildman–Crippen MR) is 94.9 cm³/mol. The van der Waals surface area contributed by atoms with Crippen LogP contribution < -0.4 is 10.5 Å². The molecule has 22 heavy (non-hydrogen) atoms. The van der Waals surface area contributed by atoms with Crippen LogP contribution >= 0.6 is 0 Å². The maximum absolute atomic E-state index is 11.9. The lowest BCUT2D eigenvalue weighted by Gasteiger charge is -2.13. The lowest BCUT2D eigenvalue weighted by Crippen LogP contribution is -2.12. The van der Waals surface area contributed by atoms with Crippen LogP contribution in [0.2, 0.25) is 0 Å². The zero-order valence-electron chi connectivity index (χ0n) is 14.3. The van der Waals surface area contributed by atoms with Crippen molar-refractivity contribution in [3.63, 3.8) is 0 Å². The summed E-state index contributed by atoms with van der Waals surface area (Å²) in [5.41, 5.74) is 6.76. The van der Waals surface area contributed by atoms with Crippen LogP contribution in [0, 0.1) is 6.92 Å². The molecule has 2 aromatic rings. The Labute approximate surface area is 133 Å². The fraction of sp³-hybridized carbons (Fsp3) is 0.421. The molecule has 0 fully saturated rings. The number of aromatic nitrogens is 1. The van der Waals surface area contributed by atoms with E-state index < -0.39 is 0 Å². The molecule has 0 aliphatic carbocycles. The van der Waals surface area contributed by atoms with Crippen LogP contribution in [0.1, 0.15) is 37.5 Å². The molecule has 1 aromatic carbocycles. The summed E-state index contributed by atoms with van der Waals surface area (Å²) in [6.45, 7) is 9.06. The lowest BCUT2D eigenvalue weighted by atomic mass is 10.00. The van der Waals surface area contributed by atoms with Gasteiger partial charge in [-0.15, -0.1) is 0 Å². The zero-order chi connectivity index (χ0) is 16.3. The molecule has 0 bridgehead atoms. The molecule has 0 amide bonds. The van der Waals surface area contributed by atoms with Crippen LogP contribution in [0.15, 0.2) is 29.1 Å². The second kappa shape index (κ2) is 6.82. The molecule has 1 N–H and O–H groups in total. The topological polar surface area (TPSA) is 36.1 Å². The van der Waals surface area contributed by atoms with Crippen LogP contribution in [-0.2, 0) is 12.8 Å². The van der Waals surface area contributed by atoms with Gasteiger partial charge in [0.2, 0.25) is 0 Å². The number of anilines is 1. The zero-order valence-corrected chi connectivity index (χ0v) is 14.3. The molecule has 1 aliphatic rings. The van der Waals surface area contributed by atoms with E-state index in [-0.39, 0.29) is 5.56 Å². The first-order chi connectivity index (χ1) is 10.6. The number of aryl methyl sites for hydroxylation is 2. The number of rotatable bonds is 2. The van der Waals surface area contributed by atoms with E-state index in [1.165, 1.54) is 16.8 Å². The van der Waals surface area contributed by atoms with E-state index in [0.717, 1.165) is 36.2 Å². The number of hydrogen-bond donors (Lipinski definition) is 1. The molecule has 0 atom stereocenters. The second-order valence-electron chi connectivity index (χ2n) is 5.55. The Morgan fingerprint density at radius 3 is 2.64 bits per heavy atom. The Morgan fingerprint density at radius 1 is 1.23 bits per heavy atom. The molecule has 0 radical (unpaired) electrons. The summed E-state index contributed by atoms with van der Waals surface area (Å²) >= 11 is 0. The molecule has 118 valence electrons. The highest BCUT2D eigenvalue weighted by molar-refractivity contribution is 5.70. The van der Waals surface area contributed by atoms with Crippen molar-refractivity contribution in [2.45, 2.75) is 40.5 Å². The summed E-state index contributed by atoms with van der Waals surface area (Å²) in [6, 6.07) is 8.50. The van der Waals surface area contributed by atoms with Gasteiger partial charge in [0, 0.05) is 24.8 Å². The number of hydrogen-bond acceptors (Lipinski definition) is 2. The highest BCUT2D eigenvalue weighted by Gasteiger charge is 2.17. The second-order valence-corrected chi connectivity index (χ2v) is 5.55. The lowest BCUT2D eigenvalue weighted by molar-refractivity contribution is 0.956. The van der Waals surface area contributed by atoms with E-state index in [9.17, 15) is 4.79 Å². The van der Waals surface area contributed by atoms with Crippen LogP contribution in [0.3, 0.4) is 0 Å². The Morgan fingerprint density at radius 2 is 1.95 bits per heavy atom. The molecular formula is C19H26N2O. The van der Waals surface area contributed by atoms with Gasteiger partial charge in [-0.3, -0.25) is 4.79 Å². The monoisotopic (exact) mass is 298 g/mol. The minimum absolute atomic E-state index is 0.00909. The number of benzene rings is 1. The van der Waals surface area contributed by atoms with Crippen LogP contribution in [0.4, 0.5) is 5.69 Å². The molecule has 1 aliphatic heterocycles. The van der Waals surface area contributed by atoms with E-state index >= 15 is 0 Å². The molecular weight excluding hydrogens is 272 g/mol. The van der Waals surface area contributed by atoms with Crippen molar-refractivity contribution >= 4 is 5.69 Å². The standard InChI is InChI=1S/C17H20N2O.C2H6/c1-4-12-9-11(2)17(20)18-16(12)14-5-6-15-13(10-14)7-8-19(15)3;1-2/h5-6,9-10H,4,7-8H2,1-3H3,(H,18,20);1-2H3. The van der Waals surface area contributed by atoms with Crippen molar-refractivity contribution in [2.24, 2.45) is 0 Å². The van der Waals surface area contributed by atoms with Gasteiger partial charge in [0.15, 0.2) is 0 Å². The molecule has 1 aromatic heterocycles. The number of nitrogens with one attached hydrogen (secondary N) is 1. The van der Waals surface area contributed by atoms with Crippen LogP contribution in [0.25, 0.3) is 11.3 Å². The molecule has 3 heteroatoms. The molecule has 0 unspecified atom stereocenters. The van der Waals surface area contributed by atoms with E-state index in [2.05, 4.69) is 42.1 Å². The van der Waals surface area contributed by atoms with Crippen molar-refractivity contribution < 1.29 is 0 Å². The quantitative estimate of drug-likeness (QED) is 0.912. The van der Waals surface area contributed by atoms with Crippen molar-refractivity contribution in [3.05, 3.63) is 51.3 Å². The minimum Gasteiger partial charge on any atom is -0.374 e. The fourth-order valence-electron chi connectivity index (χ4n) is 2.95. The maximum Gasteiger partial charge on any atom is 0.251 e. The number of fused-ring (bicyclic) bond motifs is 1. The van der Waals surface area contributed by atoms with Gasteiger partial charge >= 0.3 is 0 Å². The number of likely N-dealkylation sites (N-methyl/N-ethyl adjacent to an activating group) is 1. The summed E-state index contributed by atoms with van der Waals surface area (Å²) in [5, 5.41) is 0. The van der Waals surface area contributed by atoms with E-state index in [1.807, 2.05) is 26.8 Å². The van der Waals surface area contributed by atoms with Gasteiger partial charge in [-0.1, -0.05) is 26.8 Å². The first kappa shape index (κ1) is 16.3.